The van der Waals surface area contributed by atoms with Gasteiger partial charge >= 0.3 is 0 Å². The molecule has 0 bridgehead atoms. The number of hydrogen-bond acceptors (Lipinski definition) is 6. The Morgan fingerprint density at radius 3 is 3.00 bits per heavy atom. The number of nitriles is 1. The number of hydrogen-bond donors (Lipinski definition) is 0. The summed E-state index contributed by atoms with van der Waals surface area (Å²) in [6, 6.07) is 9.84. The second kappa shape index (κ2) is 4.84. The van der Waals surface area contributed by atoms with Gasteiger partial charge in [0.2, 0.25) is 4.96 Å². The van der Waals surface area contributed by atoms with Crippen LogP contribution >= 0.6 is 22.7 Å². The van der Waals surface area contributed by atoms with E-state index in [0.717, 1.165) is 11.4 Å². The van der Waals surface area contributed by atoms with Gasteiger partial charge in [-0.3, -0.25) is 0 Å². The topological polar surface area (TPSA) is 67.1 Å². The molecule has 0 saturated carbocycles. The summed E-state index contributed by atoms with van der Waals surface area (Å²) in [4.78, 5) is 6.44. The molecule has 0 aromatic carbocycles. The minimum absolute atomic E-state index is 0.411. The summed E-state index contributed by atoms with van der Waals surface area (Å²) in [5, 5.41) is 16.9. The molecule has 0 amide bonds. The van der Waals surface area contributed by atoms with Crippen molar-refractivity contribution in [3.05, 3.63) is 51.5 Å². The molecule has 0 fully saturated rings. The van der Waals surface area contributed by atoms with E-state index in [1.54, 1.807) is 34.2 Å². The smallest absolute Gasteiger partial charge is 0.214 e. The van der Waals surface area contributed by atoms with Crippen LogP contribution in [0, 0.1) is 11.3 Å². The largest absolute Gasteiger partial charge is 0.463 e. The van der Waals surface area contributed by atoms with Crippen molar-refractivity contribution in [1.29, 1.82) is 5.26 Å². The van der Waals surface area contributed by atoms with Crippen molar-refractivity contribution in [3.63, 3.8) is 0 Å². The molecule has 4 heterocycles. The minimum Gasteiger partial charge on any atom is -0.463 e. The third kappa shape index (κ3) is 2.05. The van der Waals surface area contributed by atoms with Crippen molar-refractivity contribution < 1.29 is 4.42 Å². The summed E-state index contributed by atoms with van der Waals surface area (Å²) >= 11 is 3.20. The highest BCUT2D eigenvalue weighted by Crippen LogP contribution is 2.28. The standard InChI is InChI=1S/C14H8N4OS2/c15-8-10-13(11-4-1-5-19-11)16-14-18(10)17-12(21-14)7-9-3-2-6-20-9/h1-6H,7H2. The molecular weight excluding hydrogens is 304 g/mol. The molecule has 0 saturated heterocycles. The molecule has 5 nitrogen and oxygen atoms in total. The van der Waals surface area contributed by atoms with E-state index in [1.807, 2.05) is 11.4 Å². The van der Waals surface area contributed by atoms with Crippen LogP contribution in [-0.4, -0.2) is 14.6 Å². The number of rotatable bonds is 3. The Morgan fingerprint density at radius 1 is 1.33 bits per heavy atom. The predicted octanol–water partition coefficient (Wildman–Crippen LogP) is 3.57. The van der Waals surface area contributed by atoms with Gasteiger partial charge in [-0.25, -0.2) is 4.98 Å². The van der Waals surface area contributed by atoms with Gasteiger partial charge < -0.3 is 4.42 Å². The molecule has 0 aliphatic rings. The van der Waals surface area contributed by atoms with Gasteiger partial charge in [-0.15, -0.1) is 11.3 Å². The molecule has 102 valence electrons. The molecule has 0 atom stereocenters. The predicted molar refractivity (Wildman–Crippen MR) is 80.4 cm³/mol. The maximum absolute atomic E-state index is 9.38. The van der Waals surface area contributed by atoms with Crippen molar-refractivity contribution in [2.24, 2.45) is 0 Å². The molecule has 21 heavy (non-hydrogen) atoms. The molecule has 4 aromatic rings. The van der Waals surface area contributed by atoms with Gasteiger partial charge in [-0.2, -0.15) is 14.9 Å². The SMILES string of the molecule is N#Cc1c(-c2ccco2)nc2sc(Cc3cccs3)nn12. The zero-order valence-corrected chi connectivity index (χ0v) is 12.3. The van der Waals surface area contributed by atoms with E-state index < -0.39 is 0 Å². The zero-order valence-electron chi connectivity index (χ0n) is 10.7. The fourth-order valence-electron chi connectivity index (χ4n) is 2.11. The molecule has 0 unspecified atom stereocenters. The van der Waals surface area contributed by atoms with Gasteiger partial charge in [0.25, 0.3) is 0 Å². The zero-order chi connectivity index (χ0) is 14.2. The Hall–Kier alpha value is -2.43. The van der Waals surface area contributed by atoms with Gasteiger partial charge in [0.05, 0.1) is 6.26 Å². The van der Waals surface area contributed by atoms with Crippen LogP contribution in [0.15, 0.2) is 40.3 Å². The summed E-state index contributed by atoms with van der Waals surface area (Å²) in [6.07, 6.45) is 2.34. The number of nitrogens with zero attached hydrogens (tertiary/aromatic N) is 4. The summed E-state index contributed by atoms with van der Waals surface area (Å²) < 4.78 is 6.93. The first kappa shape index (κ1) is 12.3. The second-order valence-electron chi connectivity index (χ2n) is 4.34. The van der Waals surface area contributed by atoms with E-state index in [-0.39, 0.29) is 0 Å². The highest BCUT2D eigenvalue weighted by molar-refractivity contribution is 7.17. The molecule has 0 spiro atoms. The summed E-state index contributed by atoms with van der Waals surface area (Å²) in [7, 11) is 0. The van der Waals surface area contributed by atoms with Crippen LogP contribution in [0.25, 0.3) is 16.4 Å². The van der Waals surface area contributed by atoms with E-state index in [2.05, 4.69) is 22.2 Å². The molecule has 4 rings (SSSR count). The third-order valence-electron chi connectivity index (χ3n) is 3.01. The van der Waals surface area contributed by atoms with Crippen LogP contribution in [0.5, 0.6) is 0 Å². The van der Waals surface area contributed by atoms with Crippen LogP contribution in [0.1, 0.15) is 15.6 Å². The van der Waals surface area contributed by atoms with Crippen molar-refractivity contribution in [2.75, 3.05) is 0 Å². The molecule has 0 aliphatic heterocycles. The van der Waals surface area contributed by atoms with Gasteiger partial charge in [0.1, 0.15) is 16.8 Å². The number of fused-ring (bicyclic) bond motifs is 1. The first-order valence-electron chi connectivity index (χ1n) is 6.20. The number of thiophene rings is 1. The average Bonchev–Trinajstić information content (AvgIpc) is 3.23. The maximum Gasteiger partial charge on any atom is 0.214 e. The molecular formula is C14H8N4OS2. The maximum atomic E-state index is 9.38. The van der Waals surface area contributed by atoms with Crippen molar-refractivity contribution in [1.82, 2.24) is 14.6 Å². The minimum atomic E-state index is 0.411. The summed E-state index contributed by atoms with van der Waals surface area (Å²) in [5.74, 6) is 0.587. The number of furan rings is 1. The first-order valence-corrected chi connectivity index (χ1v) is 7.89. The third-order valence-corrected chi connectivity index (χ3v) is 4.80. The molecule has 0 aliphatic carbocycles. The van der Waals surface area contributed by atoms with E-state index in [0.29, 0.717) is 22.1 Å². The van der Waals surface area contributed by atoms with Crippen molar-refractivity contribution in [3.8, 4) is 17.5 Å². The Morgan fingerprint density at radius 2 is 2.29 bits per heavy atom. The van der Waals surface area contributed by atoms with Crippen LogP contribution in [0.4, 0.5) is 0 Å². The Labute approximate surface area is 127 Å². The summed E-state index contributed by atoms with van der Waals surface area (Å²) in [6.45, 7) is 0. The second-order valence-corrected chi connectivity index (χ2v) is 6.42. The van der Waals surface area contributed by atoms with E-state index >= 15 is 0 Å². The highest BCUT2D eigenvalue weighted by atomic mass is 32.1. The average molecular weight is 312 g/mol. The quantitative estimate of drug-likeness (QED) is 0.580. The lowest BCUT2D eigenvalue weighted by atomic mass is 10.3. The summed E-state index contributed by atoms with van der Waals surface area (Å²) in [5.41, 5.74) is 0.956. The molecule has 4 aromatic heterocycles. The van der Waals surface area contributed by atoms with Crippen molar-refractivity contribution >= 4 is 27.6 Å². The van der Waals surface area contributed by atoms with E-state index in [4.69, 9.17) is 4.42 Å². The molecule has 7 heteroatoms. The fourth-order valence-corrected chi connectivity index (χ4v) is 3.82. The highest BCUT2D eigenvalue weighted by Gasteiger charge is 2.19. The van der Waals surface area contributed by atoms with Gasteiger partial charge in [0.15, 0.2) is 11.5 Å². The van der Waals surface area contributed by atoms with Gasteiger partial charge in [0, 0.05) is 11.3 Å². The van der Waals surface area contributed by atoms with E-state index in [9.17, 15) is 5.26 Å². The van der Waals surface area contributed by atoms with Crippen LogP contribution in [-0.2, 0) is 6.42 Å². The van der Waals surface area contributed by atoms with Crippen LogP contribution in [0.3, 0.4) is 0 Å². The van der Waals surface area contributed by atoms with Crippen LogP contribution in [0.2, 0.25) is 0 Å². The fraction of sp³-hybridized carbons (Fsp3) is 0.0714. The van der Waals surface area contributed by atoms with Crippen molar-refractivity contribution in [2.45, 2.75) is 6.42 Å². The number of aromatic nitrogens is 3. The van der Waals surface area contributed by atoms with Crippen LogP contribution < -0.4 is 0 Å². The Kier molecular flexibility index (Phi) is 2.84. The first-order chi connectivity index (χ1) is 10.3. The monoisotopic (exact) mass is 312 g/mol. The lowest BCUT2D eigenvalue weighted by Crippen LogP contribution is -1.92. The normalized spacial score (nSPS) is 11.0. The lowest BCUT2D eigenvalue weighted by Gasteiger charge is -1.92. The Balaban J connectivity index is 1.80. The van der Waals surface area contributed by atoms with E-state index in [1.165, 1.54) is 16.2 Å². The Bertz CT molecular complexity index is 926. The van der Waals surface area contributed by atoms with Gasteiger partial charge in [-0.1, -0.05) is 17.4 Å². The van der Waals surface area contributed by atoms with Gasteiger partial charge in [-0.05, 0) is 23.6 Å². The lowest BCUT2D eigenvalue weighted by molar-refractivity contribution is 0.580. The molecule has 0 radical (unpaired) electrons. The molecule has 0 N–H and O–H groups in total. The number of imidazole rings is 1.